The van der Waals surface area contributed by atoms with Gasteiger partial charge in [-0.3, -0.25) is 0 Å². The smallest absolute Gasteiger partial charge is 0.244 e. The molecule has 1 atom stereocenters. The number of benzene rings is 1. The second kappa shape index (κ2) is 5.99. The van der Waals surface area contributed by atoms with Gasteiger partial charge >= 0.3 is 0 Å². The molecule has 3 N–H and O–H groups in total. The van der Waals surface area contributed by atoms with Crippen molar-refractivity contribution in [1.82, 2.24) is 9.62 Å². The van der Waals surface area contributed by atoms with Crippen LogP contribution in [-0.2, 0) is 10.0 Å². The molecule has 1 unspecified atom stereocenters. The van der Waals surface area contributed by atoms with Crippen molar-refractivity contribution >= 4 is 15.7 Å². The zero-order valence-electron chi connectivity index (χ0n) is 11.8. The van der Waals surface area contributed by atoms with Crippen molar-refractivity contribution in [3.8, 4) is 5.75 Å². The summed E-state index contributed by atoms with van der Waals surface area (Å²) in [5.74, 6) is 0.298. The Morgan fingerprint density at radius 1 is 1.50 bits per heavy atom. The quantitative estimate of drug-likeness (QED) is 0.780. The molecule has 20 heavy (non-hydrogen) atoms. The molecule has 0 aromatic heterocycles. The largest absolute Gasteiger partial charge is 0.495 e. The van der Waals surface area contributed by atoms with Crippen LogP contribution in [0.3, 0.4) is 0 Å². The first kappa shape index (κ1) is 15.1. The van der Waals surface area contributed by atoms with Gasteiger partial charge in [-0.15, -0.1) is 0 Å². The molecule has 7 heteroatoms. The first-order chi connectivity index (χ1) is 9.44. The van der Waals surface area contributed by atoms with Crippen molar-refractivity contribution in [2.45, 2.75) is 23.8 Å². The number of nitrogens with two attached hydrogens (primary N) is 1. The lowest BCUT2D eigenvalue weighted by Gasteiger charge is -2.20. The number of ether oxygens (including phenoxy) is 1. The van der Waals surface area contributed by atoms with Crippen molar-refractivity contribution in [3.63, 3.8) is 0 Å². The first-order valence-corrected chi connectivity index (χ1v) is 8.06. The van der Waals surface area contributed by atoms with Crippen LogP contribution in [0, 0.1) is 0 Å². The topological polar surface area (TPSA) is 84.7 Å². The lowest BCUT2D eigenvalue weighted by molar-refractivity contribution is 0.310. The Hall–Kier alpha value is -1.31. The van der Waals surface area contributed by atoms with E-state index in [1.807, 2.05) is 7.05 Å². The lowest BCUT2D eigenvalue weighted by Crippen LogP contribution is -2.38. The van der Waals surface area contributed by atoms with Crippen LogP contribution in [-0.4, -0.2) is 46.6 Å². The highest BCUT2D eigenvalue weighted by Crippen LogP contribution is 2.26. The number of likely N-dealkylation sites (N-methyl/N-ethyl adjacent to an activating group) is 1. The van der Waals surface area contributed by atoms with E-state index in [1.54, 1.807) is 12.1 Å². The van der Waals surface area contributed by atoms with Gasteiger partial charge in [0.1, 0.15) is 10.6 Å². The van der Waals surface area contributed by atoms with Gasteiger partial charge in [0.05, 0.1) is 7.11 Å². The molecule has 0 bridgehead atoms. The average Bonchev–Trinajstić information content (AvgIpc) is 2.82. The Morgan fingerprint density at radius 3 is 2.85 bits per heavy atom. The van der Waals surface area contributed by atoms with E-state index in [0.717, 1.165) is 19.4 Å². The SMILES string of the molecule is COc1ccc(N)cc1S(=O)(=O)NCC1CCCN1C. The summed E-state index contributed by atoms with van der Waals surface area (Å²) < 4.78 is 32.5. The summed E-state index contributed by atoms with van der Waals surface area (Å²) >= 11 is 0. The summed E-state index contributed by atoms with van der Waals surface area (Å²) in [6, 6.07) is 4.84. The highest BCUT2D eigenvalue weighted by molar-refractivity contribution is 7.89. The van der Waals surface area contributed by atoms with E-state index in [2.05, 4.69) is 9.62 Å². The van der Waals surface area contributed by atoms with Crippen LogP contribution < -0.4 is 15.2 Å². The van der Waals surface area contributed by atoms with E-state index < -0.39 is 10.0 Å². The van der Waals surface area contributed by atoms with Crippen molar-refractivity contribution in [2.75, 3.05) is 33.0 Å². The van der Waals surface area contributed by atoms with Gasteiger partial charge in [-0.2, -0.15) is 0 Å². The van der Waals surface area contributed by atoms with Gasteiger partial charge in [-0.1, -0.05) is 0 Å². The minimum Gasteiger partial charge on any atom is -0.495 e. The van der Waals surface area contributed by atoms with Gasteiger partial charge in [0, 0.05) is 18.3 Å². The van der Waals surface area contributed by atoms with Gasteiger partial charge < -0.3 is 15.4 Å². The molecule has 2 rings (SSSR count). The maximum Gasteiger partial charge on any atom is 0.244 e. The van der Waals surface area contributed by atoms with Gasteiger partial charge in [-0.05, 0) is 44.6 Å². The van der Waals surface area contributed by atoms with E-state index in [0.29, 0.717) is 18.0 Å². The van der Waals surface area contributed by atoms with Gasteiger partial charge in [0.25, 0.3) is 0 Å². The standard InChI is InChI=1S/C13H21N3O3S/c1-16-7-3-4-11(16)9-15-20(17,18)13-8-10(14)5-6-12(13)19-2/h5-6,8,11,15H,3-4,7,9,14H2,1-2H3. The highest BCUT2D eigenvalue weighted by Gasteiger charge is 2.25. The number of hydrogen-bond acceptors (Lipinski definition) is 5. The van der Waals surface area contributed by atoms with E-state index >= 15 is 0 Å². The fraction of sp³-hybridized carbons (Fsp3) is 0.538. The molecule has 0 saturated carbocycles. The third-order valence-electron chi connectivity index (χ3n) is 3.66. The van der Waals surface area contributed by atoms with Crippen LogP contribution in [0.2, 0.25) is 0 Å². The Kier molecular flexibility index (Phi) is 4.52. The predicted octanol–water partition coefficient (Wildman–Crippen LogP) is 0.650. The third kappa shape index (κ3) is 3.23. The minimum atomic E-state index is -3.62. The third-order valence-corrected chi connectivity index (χ3v) is 5.10. The molecule has 1 fully saturated rings. The highest BCUT2D eigenvalue weighted by atomic mass is 32.2. The fourth-order valence-corrected chi connectivity index (χ4v) is 3.70. The molecule has 0 aliphatic carbocycles. The van der Waals surface area contributed by atoms with Crippen LogP contribution >= 0.6 is 0 Å². The number of rotatable bonds is 5. The summed E-state index contributed by atoms with van der Waals surface area (Å²) in [6.45, 7) is 1.41. The Morgan fingerprint density at radius 2 is 2.25 bits per heavy atom. The monoisotopic (exact) mass is 299 g/mol. The molecule has 1 aliphatic rings. The molecule has 0 spiro atoms. The summed E-state index contributed by atoms with van der Waals surface area (Å²) in [4.78, 5) is 2.25. The van der Waals surface area contributed by atoms with Crippen molar-refractivity contribution in [3.05, 3.63) is 18.2 Å². The van der Waals surface area contributed by atoms with E-state index in [1.165, 1.54) is 13.2 Å². The molecule has 112 valence electrons. The minimum absolute atomic E-state index is 0.0839. The number of nitrogen functional groups attached to an aromatic ring is 1. The lowest BCUT2D eigenvalue weighted by atomic mass is 10.2. The van der Waals surface area contributed by atoms with E-state index in [4.69, 9.17) is 10.5 Å². The first-order valence-electron chi connectivity index (χ1n) is 6.57. The number of hydrogen-bond donors (Lipinski definition) is 2. The number of sulfonamides is 1. The summed E-state index contributed by atoms with van der Waals surface area (Å²) in [5.41, 5.74) is 6.06. The molecule has 1 aliphatic heterocycles. The maximum atomic E-state index is 12.4. The molecule has 0 amide bonds. The normalized spacial score (nSPS) is 20.2. The molecule has 1 aromatic carbocycles. The van der Waals surface area contributed by atoms with Crippen molar-refractivity contribution < 1.29 is 13.2 Å². The van der Waals surface area contributed by atoms with Crippen LogP contribution in [0.15, 0.2) is 23.1 Å². The number of nitrogens with zero attached hydrogens (tertiary/aromatic N) is 1. The molecule has 0 radical (unpaired) electrons. The zero-order valence-corrected chi connectivity index (χ0v) is 12.6. The zero-order chi connectivity index (χ0) is 14.8. The molecule has 1 saturated heterocycles. The summed E-state index contributed by atoms with van der Waals surface area (Å²) in [5, 5.41) is 0. The van der Waals surface area contributed by atoms with Crippen molar-refractivity contribution in [1.29, 1.82) is 0 Å². The van der Waals surface area contributed by atoms with Crippen LogP contribution in [0.5, 0.6) is 5.75 Å². The van der Waals surface area contributed by atoms with Crippen LogP contribution in [0.4, 0.5) is 5.69 Å². The van der Waals surface area contributed by atoms with Crippen LogP contribution in [0.25, 0.3) is 0 Å². The molecule has 6 nitrogen and oxygen atoms in total. The second-order valence-electron chi connectivity index (χ2n) is 5.04. The summed E-state index contributed by atoms with van der Waals surface area (Å²) in [6.07, 6.45) is 2.11. The maximum absolute atomic E-state index is 12.4. The summed E-state index contributed by atoms with van der Waals surface area (Å²) in [7, 11) is -0.171. The van der Waals surface area contributed by atoms with Crippen LogP contribution in [0.1, 0.15) is 12.8 Å². The van der Waals surface area contributed by atoms with Gasteiger partial charge in [-0.25, -0.2) is 13.1 Å². The molecule has 1 aromatic rings. The predicted molar refractivity (Wildman–Crippen MR) is 78.2 cm³/mol. The number of likely N-dealkylation sites (tertiary alicyclic amines) is 1. The van der Waals surface area contributed by atoms with E-state index in [9.17, 15) is 8.42 Å². The average molecular weight is 299 g/mol. The van der Waals surface area contributed by atoms with Gasteiger partial charge in [0.15, 0.2) is 0 Å². The molecule has 1 heterocycles. The number of nitrogens with one attached hydrogen (secondary N) is 1. The second-order valence-corrected chi connectivity index (χ2v) is 6.77. The Labute approximate surface area is 120 Å². The van der Waals surface area contributed by atoms with Gasteiger partial charge in [0.2, 0.25) is 10.0 Å². The van der Waals surface area contributed by atoms with Crippen molar-refractivity contribution in [2.24, 2.45) is 0 Å². The number of anilines is 1. The molecular weight excluding hydrogens is 278 g/mol. The number of methoxy groups -OCH3 is 1. The van der Waals surface area contributed by atoms with E-state index in [-0.39, 0.29) is 10.9 Å². The Bertz CT molecular complexity index is 574. The Balaban J connectivity index is 2.15. The molecular formula is C13H21N3O3S. The fourth-order valence-electron chi connectivity index (χ4n) is 2.42.